The summed E-state index contributed by atoms with van der Waals surface area (Å²) in [5.74, 6) is -1.15. The van der Waals surface area contributed by atoms with Crippen molar-refractivity contribution < 1.29 is 22.4 Å². The van der Waals surface area contributed by atoms with Crippen LogP contribution in [0.3, 0.4) is 0 Å². The normalized spacial score (nSPS) is 11.6. The van der Waals surface area contributed by atoms with Crippen LogP contribution >= 0.6 is 0 Å². The van der Waals surface area contributed by atoms with Gasteiger partial charge in [0.25, 0.3) is 0 Å². The zero-order valence-corrected chi connectivity index (χ0v) is 24.2. The number of hydrogen-bond acceptors (Lipinski definition) is 6. The number of furan rings is 1. The second-order valence-corrected chi connectivity index (χ2v) is 11.8. The zero-order chi connectivity index (χ0) is 29.6. The molecule has 212 valence electrons. The number of sulfonamides is 1. The standard InChI is InChI=1S/C31H32N4O5S/c1-21-5-9-25(10-6-21)19-35(41(38,39)29-13-7-22(2)8-14-29)20-28-12-11-27(40-28)18-32-34-31(37)30(36)33-26-16-23(3)15-24(4)17-26/h5-18H,19-20H2,1-4H3,(H,33,36)(H,34,37)/b32-18+. The lowest BCUT2D eigenvalue weighted by molar-refractivity contribution is -0.136. The van der Waals surface area contributed by atoms with E-state index < -0.39 is 21.8 Å². The number of amides is 2. The van der Waals surface area contributed by atoms with Crippen molar-refractivity contribution in [3.63, 3.8) is 0 Å². The van der Waals surface area contributed by atoms with E-state index in [0.717, 1.165) is 27.8 Å². The first-order valence-corrected chi connectivity index (χ1v) is 14.4. The predicted octanol–water partition coefficient (Wildman–Crippen LogP) is 4.99. The summed E-state index contributed by atoms with van der Waals surface area (Å²) in [5.41, 5.74) is 7.46. The van der Waals surface area contributed by atoms with Crippen LogP contribution in [0.2, 0.25) is 0 Å². The number of hydrazone groups is 1. The molecule has 1 aromatic heterocycles. The first kappa shape index (κ1) is 29.4. The smallest absolute Gasteiger partial charge is 0.329 e. The van der Waals surface area contributed by atoms with Crippen LogP contribution in [-0.2, 0) is 32.7 Å². The van der Waals surface area contributed by atoms with Gasteiger partial charge in [-0.25, -0.2) is 13.8 Å². The van der Waals surface area contributed by atoms with Gasteiger partial charge in [-0.3, -0.25) is 9.59 Å². The third-order valence-electron chi connectivity index (χ3n) is 6.20. The van der Waals surface area contributed by atoms with Gasteiger partial charge in [-0.05, 0) is 80.8 Å². The number of anilines is 1. The quantitative estimate of drug-likeness (QED) is 0.166. The van der Waals surface area contributed by atoms with Crippen molar-refractivity contribution in [3.05, 3.63) is 118 Å². The van der Waals surface area contributed by atoms with Gasteiger partial charge in [0.05, 0.1) is 17.7 Å². The lowest BCUT2D eigenvalue weighted by Gasteiger charge is -2.21. The van der Waals surface area contributed by atoms with E-state index in [1.165, 1.54) is 10.5 Å². The van der Waals surface area contributed by atoms with Crippen molar-refractivity contribution >= 4 is 33.7 Å². The Morgan fingerprint density at radius 1 is 0.780 bits per heavy atom. The maximum absolute atomic E-state index is 13.6. The predicted molar refractivity (Wildman–Crippen MR) is 158 cm³/mol. The van der Waals surface area contributed by atoms with Crippen LogP contribution in [0.1, 0.15) is 39.3 Å². The summed E-state index contributed by atoms with van der Waals surface area (Å²) in [6, 6.07) is 23.1. The van der Waals surface area contributed by atoms with Gasteiger partial charge in [0.15, 0.2) is 0 Å². The van der Waals surface area contributed by atoms with Crippen LogP contribution < -0.4 is 10.7 Å². The summed E-state index contributed by atoms with van der Waals surface area (Å²) < 4.78 is 34.3. The number of nitrogens with zero attached hydrogens (tertiary/aromatic N) is 2. The molecule has 0 radical (unpaired) electrons. The van der Waals surface area contributed by atoms with Gasteiger partial charge in [-0.15, -0.1) is 0 Å². The van der Waals surface area contributed by atoms with E-state index in [-0.39, 0.29) is 23.7 Å². The molecule has 9 nitrogen and oxygen atoms in total. The SMILES string of the molecule is Cc1ccc(CN(Cc2ccc(/C=N/NC(=O)C(=O)Nc3cc(C)cc(C)c3)o2)S(=O)(=O)c2ccc(C)cc2)cc1. The Kier molecular flexibility index (Phi) is 9.16. The third kappa shape index (κ3) is 8.00. The maximum Gasteiger partial charge on any atom is 0.329 e. The molecule has 10 heteroatoms. The van der Waals surface area contributed by atoms with Gasteiger partial charge in [-0.1, -0.05) is 53.6 Å². The fraction of sp³-hybridized carbons (Fsp3) is 0.194. The molecule has 0 unspecified atom stereocenters. The highest BCUT2D eigenvalue weighted by Gasteiger charge is 2.26. The van der Waals surface area contributed by atoms with Gasteiger partial charge in [0.2, 0.25) is 10.0 Å². The minimum Gasteiger partial charge on any atom is -0.459 e. The average molecular weight is 573 g/mol. The van der Waals surface area contributed by atoms with Gasteiger partial charge in [0.1, 0.15) is 11.5 Å². The van der Waals surface area contributed by atoms with Gasteiger partial charge >= 0.3 is 11.8 Å². The van der Waals surface area contributed by atoms with Gasteiger partial charge in [0, 0.05) is 12.2 Å². The molecular weight excluding hydrogens is 540 g/mol. The Bertz CT molecular complexity index is 1650. The summed E-state index contributed by atoms with van der Waals surface area (Å²) >= 11 is 0. The summed E-state index contributed by atoms with van der Waals surface area (Å²) in [4.78, 5) is 24.6. The van der Waals surface area contributed by atoms with Crippen LogP contribution in [0.25, 0.3) is 0 Å². The van der Waals surface area contributed by atoms with E-state index in [0.29, 0.717) is 11.4 Å². The van der Waals surface area contributed by atoms with Gasteiger partial charge < -0.3 is 9.73 Å². The molecule has 0 spiro atoms. The van der Waals surface area contributed by atoms with E-state index in [1.54, 1.807) is 48.5 Å². The molecule has 0 bridgehead atoms. The molecule has 41 heavy (non-hydrogen) atoms. The number of hydrogen-bond donors (Lipinski definition) is 2. The van der Waals surface area contributed by atoms with Crippen LogP contribution in [0.4, 0.5) is 5.69 Å². The van der Waals surface area contributed by atoms with Crippen molar-refractivity contribution in [1.29, 1.82) is 0 Å². The summed E-state index contributed by atoms with van der Waals surface area (Å²) in [6.45, 7) is 7.77. The monoisotopic (exact) mass is 572 g/mol. The average Bonchev–Trinajstić information content (AvgIpc) is 3.36. The zero-order valence-electron chi connectivity index (χ0n) is 23.3. The lowest BCUT2D eigenvalue weighted by Crippen LogP contribution is -2.32. The Labute approximate surface area is 239 Å². The van der Waals surface area contributed by atoms with Gasteiger partial charge in [-0.2, -0.15) is 9.41 Å². The molecule has 0 atom stereocenters. The van der Waals surface area contributed by atoms with E-state index in [2.05, 4.69) is 15.8 Å². The molecule has 4 aromatic rings. The maximum atomic E-state index is 13.6. The Morgan fingerprint density at radius 2 is 1.39 bits per heavy atom. The molecule has 2 N–H and O–H groups in total. The van der Waals surface area contributed by atoms with Crippen LogP contribution in [0.15, 0.2) is 93.3 Å². The highest BCUT2D eigenvalue weighted by atomic mass is 32.2. The van der Waals surface area contributed by atoms with E-state index in [9.17, 15) is 18.0 Å². The fourth-order valence-electron chi connectivity index (χ4n) is 4.14. The Hall–Kier alpha value is -4.54. The fourth-order valence-corrected chi connectivity index (χ4v) is 5.54. The summed E-state index contributed by atoms with van der Waals surface area (Å²) in [6.07, 6.45) is 1.24. The van der Waals surface area contributed by atoms with Crippen LogP contribution in [-0.4, -0.2) is 30.8 Å². The second kappa shape index (κ2) is 12.8. The molecule has 0 saturated heterocycles. The van der Waals surface area contributed by atoms with Crippen LogP contribution in [0.5, 0.6) is 0 Å². The van der Waals surface area contributed by atoms with E-state index >= 15 is 0 Å². The van der Waals surface area contributed by atoms with Crippen molar-refractivity contribution in [2.75, 3.05) is 5.32 Å². The largest absolute Gasteiger partial charge is 0.459 e. The molecule has 3 aromatic carbocycles. The molecule has 0 aliphatic heterocycles. The molecule has 4 rings (SSSR count). The minimum absolute atomic E-state index is 0.0252. The first-order chi connectivity index (χ1) is 19.5. The summed E-state index contributed by atoms with van der Waals surface area (Å²) in [7, 11) is -3.85. The number of aryl methyl sites for hydroxylation is 4. The van der Waals surface area contributed by atoms with Crippen molar-refractivity contribution in [2.45, 2.75) is 45.7 Å². The Balaban J connectivity index is 1.44. The summed E-state index contributed by atoms with van der Waals surface area (Å²) in [5, 5.41) is 6.34. The molecule has 0 saturated carbocycles. The van der Waals surface area contributed by atoms with Crippen molar-refractivity contribution in [1.82, 2.24) is 9.73 Å². The third-order valence-corrected chi connectivity index (χ3v) is 8.00. The van der Waals surface area contributed by atoms with E-state index in [4.69, 9.17) is 4.42 Å². The van der Waals surface area contributed by atoms with Crippen molar-refractivity contribution in [2.24, 2.45) is 5.10 Å². The molecule has 0 aliphatic rings. The number of benzene rings is 3. The molecule has 1 heterocycles. The number of rotatable bonds is 9. The highest BCUT2D eigenvalue weighted by molar-refractivity contribution is 7.89. The molecule has 2 amide bonds. The Morgan fingerprint density at radius 3 is 2.02 bits per heavy atom. The molecule has 0 fully saturated rings. The topological polar surface area (TPSA) is 121 Å². The highest BCUT2D eigenvalue weighted by Crippen LogP contribution is 2.23. The first-order valence-electron chi connectivity index (χ1n) is 12.9. The molecule has 0 aliphatic carbocycles. The number of carbonyl (C=O) groups excluding carboxylic acids is 2. The second-order valence-electron chi connectivity index (χ2n) is 9.91. The molecular formula is C31H32N4O5S. The lowest BCUT2D eigenvalue weighted by atomic mass is 10.1. The number of nitrogens with one attached hydrogen (secondary N) is 2. The van der Waals surface area contributed by atoms with Crippen molar-refractivity contribution in [3.8, 4) is 0 Å². The van der Waals surface area contributed by atoms with Crippen LogP contribution in [0, 0.1) is 27.7 Å². The minimum atomic E-state index is -3.85. The van der Waals surface area contributed by atoms with E-state index in [1.807, 2.05) is 58.0 Å². The number of carbonyl (C=O) groups is 2.